The van der Waals surface area contributed by atoms with Crippen molar-refractivity contribution >= 4 is 21.6 Å². The number of hydrogen-bond acceptors (Lipinski definition) is 1. The highest BCUT2D eigenvalue weighted by Crippen LogP contribution is 2.22. The van der Waals surface area contributed by atoms with E-state index in [1.54, 1.807) is 12.1 Å². The van der Waals surface area contributed by atoms with E-state index < -0.39 is 0 Å². The third kappa shape index (κ3) is 2.49. The molecule has 0 aromatic heterocycles. The van der Waals surface area contributed by atoms with Gasteiger partial charge in [-0.15, -0.1) is 0 Å². The molecule has 0 unspecified atom stereocenters. The van der Waals surface area contributed by atoms with Crippen LogP contribution in [-0.2, 0) is 0 Å². The molecular weight excluding hydrogens is 227 g/mol. The van der Waals surface area contributed by atoms with Crippen molar-refractivity contribution in [2.24, 2.45) is 0 Å². The number of diazo groups is 1. The van der Waals surface area contributed by atoms with Crippen LogP contribution in [0.1, 0.15) is 5.56 Å². The Balaban J connectivity index is 0.000001000. The lowest BCUT2D eigenvalue weighted by molar-refractivity contribution is -0.00000222. The minimum atomic E-state index is 0. The molecule has 0 amide bonds. The summed E-state index contributed by atoms with van der Waals surface area (Å²) >= 11 is 3.32. The lowest BCUT2D eigenvalue weighted by Gasteiger charge is -1.90. The van der Waals surface area contributed by atoms with Gasteiger partial charge in [-0.3, -0.25) is 0 Å². The molecule has 4 heteroatoms. The van der Waals surface area contributed by atoms with Gasteiger partial charge >= 0.3 is 5.69 Å². The van der Waals surface area contributed by atoms with E-state index in [-0.39, 0.29) is 12.4 Å². The number of benzene rings is 1. The maximum absolute atomic E-state index is 8.36. The molecule has 0 saturated carbocycles. The van der Waals surface area contributed by atoms with Gasteiger partial charge in [-0.05, 0) is 12.5 Å². The summed E-state index contributed by atoms with van der Waals surface area (Å²) in [6.45, 7) is 1.98. The molecule has 0 N–H and O–H groups in total. The molecule has 2 nitrogen and oxygen atoms in total. The maximum atomic E-state index is 8.36. The lowest BCUT2D eigenvalue weighted by atomic mass is 10.2. The molecule has 0 aliphatic carbocycles. The van der Waals surface area contributed by atoms with Crippen molar-refractivity contribution in [3.63, 3.8) is 0 Å². The Morgan fingerprint density at radius 3 is 2.55 bits per heavy atom. The van der Waals surface area contributed by atoms with Gasteiger partial charge in [-0.25, -0.2) is 0 Å². The summed E-state index contributed by atoms with van der Waals surface area (Å²) in [5.74, 6) is 0. The van der Waals surface area contributed by atoms with Gasteiger partial charge in [0.05, 0.1) is 0 Å². The van der Waals surface area contributed by atoms with E-state index >= 15 is 0 Å². The number of aryl methyl sites for hydroxylation is 1. The fourth-order valence-electron chi connectivity index (χ4n) is 0.644. The van der Waals surface area contributed by atoms with E-state index in [0.717, 1.165) is 10.0 Å². The SMILES string of the molecule is Cc1ccc([N+]#N)cc1Br.[Cl-]. The topological polar surface area (TPSA) is 28.1 Å². The zero-order valence-electron chi connectivity index (χ0n) is 5.88. The number of hydrogen-bond donors (Lipinski definition) is 0. The minimum absolute atomic E-state index is 0. The van der Waals surface area contributed by atoms with Crippen LogP contribution >= 0.6 is 15.9 Å². The van der Waals surface area contributed by atoms with Crippen LogP contribution in [-0.4, -0.2) is 0 Å². The van der Waals surface area contributed by atoms with E-state index in [1.807, 2.05) is 13.0 Å². The molecule has 1 rings (SSSR count). The highest BCUT2D eigenvalue weighted by molar-refractivity contribution is 9.10. The average molecular weight is 233 g/mol. The summed E-state index contributed by atoms with van der Waals surface area (Å²) in [7, 11) is 0. The molecule has 11 heavy (non-hydrogen) atoms. The van der Waals surface area contributed by atoms with Gasteiger partial charge in [0.25, 0.3) is 0 Å². The molecule has 0 bridgehead atoms. The Labute approximate surface area is 79.8 Å². The van der Waals surface area contributed by atoms with E-state index in [1.165, 1.54) is 0 Å². The van der Waals surface area contributed by atoms with Crippen LogP contribution in [0.25, 0.3) is 4.98 Å². The molecular formula is C7H6BrClN2. The first-order valence-electron chi connectivity index (χ1n) is 2.85. The first-order chi connectivity index (χ1) is 4.74. The largest absolute Gasteiger partial charge is 1.00 e. The maximum Gasteiger partial charge on any atom is 0.386 e. The van der Waals surface area contributed by atoms with Gasteiger partial charge in [-0.2, -0.15) is 0 Å². The third-order valence-corrected chi connectivity index (χ3v) is 2.13. The molecule has 0 fully saturated rings. The van der Waals surface area contributed by atoms with E-state index in [9.17, 15) is 0 Å². The van der Waals surface area contributed by atoms with E-state index in [4.69, 9.17) is 5.39 Å². The lowest BCUT2D eigenvalue weighted by Crippen LogP contribution is -3.00. The normalized spacial score (nSPS) is 8.09. The molecule has 0 saturated heterocycles. The minimum Gasteiger partial charge on any atom is -1.00 e. The first kappa shape index (κ1) is 10.4. The zero-order chi connectivity index (χ0) is 7.56. The summed E-state index contributed by atoms with van der Waals surface area (Å²) in [6, 6.07) is 5.40. The first-order valence-corrected chi connectivity index (χ1v) is 3.64. The fraction of sp³-hybridized carbons (Fsp3) is 0.143. The van der Waals surface area contributed by atoms with Crippen molar-refractivity contribution in [3.05, 3.63) is 33.2 Å². The van der Waals surface area contributed by atoms with Crippen molar-refractivity contribution in [1.29, 1.82) is 5.39 Å². The van der Waals surface area contributed by atoms with Gasteiger partial charge < -0.3 is 12.4 Å². The second-order valence-corrected chi connectivity index (χ2v) is 2.89. The molecule has 1 aromatic rings. The summed E-state index contributed by atoms with van der Waals surface area (Å²) < 4.78 is 0.961. The Kier molecular flexibility index (Phi) is 4.09. The highest BCUT2D eigenvalue weighted by Gasteiger charge is 2.04. The van der Waals surface area contributed by atoms with Gasteiger partial charge in [0.1, 0.15) is 0 Å². The van der Waals surface area contributed by atoms with Crippen LogP contribution in [0.3, 0.4) is 0 Å². The quantitative estimate of drug-likeness (QED) is 0.590. The van der Waals surface area contributed by atoms with Gasteiger partial charge in [-0.1, -0.05) is 22.0 Å². The van der Waals surface area contributed by atoms with Crippen LogP contribution < -0.4 is 12.4 Å². The average Bonchev–Trinajstić information content (AvgIpc) is 1.95. The van der Waals surface area contributed by atoms with Gasteiger partial charge in [0, 0.05) is 16.6 Å². The van der Waals surface area contributed by atoms with E-state index in [0.29, 0.717) is 5.69 Å². The molecule has 1 aromatic carbocycles. The Hall–Kier alpha value is -0.590. The predicted octanol–water partition coefficient (Wildman–Crippen LogP) is 0.246. The van der Waals surface area contributed by atoms with Crippen molar-refractivity contribution in [2.45, 2.75) is 6.92 Å². The van der Waals surface area contributed by atoms with Crippen molar-refractivity contribution in [1.82, 2.24) is 0 Å². The summed E-state index contributed by atoms with van der Waals surface area (Å²) in [5, 5.41) is 8.36. The van der Waals surface area contributed by atoms with Crippen molar-refractivity contribution in [2.75, 3.05) is 0 Å². The molecule has 0 aliphatic heterocycles. The van der Waals surface area contributed by atoms with E-state index in [2.05, 4.69) is 20.9 Å². The monoisotopic (exact) mass is 232 g/mol. The predicted molar refractivity (Wildman–Crippen MR) is 43.6 cm³/mol. The summed E-state index contributed by atoms with van der Waals surface area (Å²) in [6.07, 6.45) is 0. The van der Waals surface area contributed by atoms with Crippen LogP contribution in [0.5, 0.6) is 0 Å². The standard InChI is InChI=1S/C7H6BrN2.ClH/c1-5-2-3-6(10-9)4-7(5)8;/h2-4H,1H3;1H/q+1;/p-1. The molecule has 0 atom stereocenters. The Morgan fingerprint density at radius 1 is 1.45 bits per heavy atom. The second kappa shape index (κ2) is 4.32. The number of rotatable bonds is 0. The Morgan fingerprint density at radius 2 is 2.09 bits per heavy atom. The Bertz CT molecular complexity index is 293. The number of halogens is 2. The molecule has 0 heterocycles. The number of nitrogens with zero attached hydrogens (tertiary/aromatic N) is 2. The third-order valence-electron chi connectivity index (χ3n) is 1.27. The molecule has 0 spiro atoms. The molecule has 58 valence electrons. The smallest absolute Gasteiger partial charge is 0.386 e. The molecule has 0 radical (unpaired) electrons. The van der Waals surface area contributed by atoms with Crippen molar-refractivity contribution in [3.8, 4) is 0 Å². The van der Waals surface area contributed by atoms with Crippen LogP contribution in [0, 0.1) is 12.3 Å². The summed E-state index contributed by atoms with van der Waals surface area (Å²) in [4.78, 5) is 3.04. The van der Waals surface area contributed by atoms with Crippen LogP contribution in [0.4, 0.5) is 5.69 Å². The summed E-state index contributed by atoms with van der Waals surface area (Å²) in [5.41, 5.74) is 1.70. The molecule has 0 aliphatic rings. The van der Waals surface area contributed by atoms with Gasteiger partial charge in [0.15, 0.2) is 4.98 Å². The highest BCUT2D eigenvalue weighted by atomic mass is 79.9. The van der Waals surface area contributed by atoms with Crippen molar-refractivity contribution < 1.29 is 12.4 Å². The van der Waals surface area contributed by atoms with Crippen LogP contribution in [0.15, 0.2) is 22.7 Å². The second-order valence-electron chi connectivity index (χ2n) is 2.03. The fourth-order valence-corrected chi connectivity index (χ4v) is 1.01. The van der Waals surface area contributed by atoms with Gasteiger partial charge in [0.2, 0.25) is 5.39 Å². The van der Waals surface area contributed by atoms with Crippen LogP contribution in [0.2, 0.25) is 0 Å². The zero-order valence-corrected chi connectivity index (χ0v) is 8.22.